The van der Waals surface area contributed by atoms with Crippen molar-refractivity contribution in [3.05, 3.63) is 57.8 Å². The Labute approximate surface area is 129 Å². The van der Waals surface area contributed by atoms with Crippen LogP contribution in [0, 0.1) is 0 Å². The summed E-state index contributed by atoms with van der Waals surface area (Å²) < 4.78 is 0. The van der Waals surface area contributed by atoms with E-state index in [0.717, 1.165) is 18.5 Å². The first-order chi connectivity index (χ1) is 10.2. The summed E-state index contributed by atoms with van der Waals surface area (Å²) in [7, 11) is 0. The largest absolute Gasteiger partial charge is 0.409 e. The van der Waals surface area contributed by atoms with E-state index in [4.69, 9.17) is 10.9 Å². The van der Waals surface area contributed by atoms with Gasteiger partial charge in [-0.3, -0.25) is 0 Å². The number of benzene rings is 1. The van der Waals surface area contributed by atoms with Crippen LogP contribution in [0.15, 0.2) is 46.9 Å². The lowest BCUT2D eigenvalue weighted by Gasteiger charge is -2.18. The minimum Gasteiger partial charge on any atom is -0.409 e. The molecular formula is C16H21N3OS. The minimum absolute atomic E-state index is 0.0360. The molecule has 21 heavy (non-hydrogen) atoms. The molecule has 112 valence electrons. The number of oxime groups is 1. The molecular weight excluding hydrogens is 282 g/mol. The topological polar surface area (TPSA) is 70.6 Å². The van der Waals surface area contributed by atoms with Gasteiger partial charge in [-0.15, -0.1) is 11.3 Å². The van der Waals surface area contributed by atoms with Crippen molar-refractivity contribution in [2.75, 3.05) is 0 Å². The van der Waals surface area contributed by atoms with Gasteiger partial charge in [-0.05, 0) is 29.0 Å². The van der Waals surface area contributed by atoms with Gasteiger partial charge in [0.05, 0.1) is 0 Å². The van der Waals surface area contributed by atoms with E-state index in [1.54, 1.807) is 11.3 Å². The Bertz CT molecular complexity index is 580. The van der Waals surface area contributed by atoms with Crippen LogP contribution in [0.5, 0.6) is 0 Å². The van der Waals surface area contributed by atoms with Crippen LogP contribution < -0.4 is 11.1 Å². The molecule has 1 atom stereocenters. The van der Waals surface area contributed by atoms with E-state index in [1.165, 1.54) is 10.4 Å². The zero-order valence-corrected chi connectivity index (χ0v) is 12.9. The Balaban J connectivity index is 2.09. The highest BCUT2D eigenvalue weighted by molar-refractivity contribution is 7.10. The summed E-state index contributed by atoms with van der Waals surface area (Å²) in [5, 5.41) is 17.5. The van der Waals surface area contributed by atoms with E-state index in [0.29, 0.717) is 6.42 Å². The molecule has 4 N–H and O–H groups in total. The maximum atomic E-state index is 8.80. The highest BCUT2D eigenvalue weighted by Gasteiger charge is 2.14. The van der Waals surface area contributed by atoms with E-state index >= 15 is 0 Å². The van der Waals surface area contributed by atoms with Gasteiger partial charge in [0.1, 0.15) is 5.84 Å². The SMILES string of the molecule is CCc1ccsc1CNC(C/C(N)=N/O)c1ccccc1. The maximum absolute atomic E-state index is 8.80. The molecule has 0 bridgehead atoms. The summed E-state index contributed by atoms with van der Waals surface area (Å²) in [5.41, 5.74) is 8.19. The monoisotopic (exact) mass is 303 g/mol. The summed E-state index contributed by atoms with van der Waals surface area (Å²) in [6, 6.07) is 12.3. The van der Waals surface area contributed by atoms with E-state index in [9.17, 15) is 0 Å². The lowest BCUT2D eigenvalue weighted by molar-refractivity contribution is 0.315. The molecule has 1 aromatic heterocycles. The predicted octanol–water partition coefficient (Wildman–Crippen LogP) is 3.28. The molecule has 1 heterocycles. The first-order valence-electron chi connectivity index (χ1n) is 7.04. The predicted molar refractivity (Wildman–Crippen MR) is 87.7 cm³/mol. The highest BCUT2D eigenvalue weighted by Crippen LogP contribution is 2.21. The van der Waals surface area contributed by atoms with Crippen molar-refractivity contribution in [2.24, 2.45) is 10.9 Å². The second-order valence-electron chi connectivity index (χ2n) is 4.86. The molecule has 0 fully saturated rings. The number of amidine groups is 1. The normalized spacial score (nSPS) is 13.3. The molecule has 1 aromatic carbocycles. The van der Waals surface area contributed by atoms with E-state index in [-0.39, 0.29) is 11.9 Å². The van der Waals surface area contributed by atoms with Crippen LogP contribution in [-0.4, -0.2) is 11.0 Å². The third kappa shape index (κ3) is 4.31. The van der Waals surface area contributed by atoms with Crippen molar-refractivity contribution in [3.8, 4) is 0 Å². The lowest BCUT2D eigenvalue weighted by Crippen LogP contribution is -2.26. The summed E-state index contributed by atoms with van der Waals surface area (Å²) in [6.45, 7) is 2.95. The van der Waals surface area contributed by atoms with Crippen molar-refractivity contribution < 1.29 is 5.21 Å². The molecule has 1 unspecified atom stereocenters. The van der Waals surface area contributed by atoms with Crippen molar-refractivity contribution in [2.45, 2.75) is 32.4 Å². The Hall–Kier alpha value is -1.85. The summed E-state index contributed by atoms with van der Waals surface area (Å²) in [6.07, 6.45) is 1.52. The minimum atomic E-state index is 0.0360. The Morgan fingerprint density at radius 1 is 1.33 bits per heavy atom. The number of rotatable bonds is 7. The fraction of sp³-hybridized carbons (Fsp3) is 0.312. The van der Waals surface area contributed by atoms with Crippen LogP contribution in [0.3, 0.4) is 0 Å². The van der Waals surface area contributed by atoms with Crippen LogP contribution in [-0.2, 0) is 13.0 Å². The maximum Gasteiger partial charge on any atom is 0.141 e. The molecule has 0 saturated heterocycles. The number of aryl methyl sites for hydroxylation is 1. The molecule has 0 amide bonds. The van der Waals surface area contributed by atoms with Crippen LogP contribution in [0.25, 0.3) is 0 Å². The smallest absolute Gasteiger partial charge is 0.141 e. The number of hydrogen-bond acceptors (Lipinski definition) is 4. The number of nitrogens with zero attached hydrogens (tertiary/aromatic N) is 1. The Morgan fingerprint density at radius 2 is 2.10 bits per heavy atom. The van der Waals surface area contributed by atoms with Crippen molar-refractivity contribution >= 4 is 17.2 Å². The van der Waals surface area contributed by atoms with Gasteiger partial charge in [0.15, 0.2) is 0 Å². The van der Waals surface area contributed by atoms with Gasteiger partial charge < -0.3 is 16.3 Å². The van der Waals surface area contributed by atoms with Crippen LogP contribution in [0.4, 0.5) is 0 Å². The molecule has 4 nitrogen and oxygen atoms in total. The number of hydrogen-bond donors (Lipinski definition) is 3. The van der Waals surface area contributed by atoms with E-state index < -0.39 is 0 Å². The first-order valence-corrected chi connectivity index (χ1v) is 7.92. The van der Waals surface area contributed by atoms with Crippen LogP contribution >= 0.6 is 11.3 Å². The van der Waals surface area contributed by atoms with Crippen molar-refractivity contribution in [1.82, 2.24) is 5.32 Å². The quantitative estimate of drug-likeness (QED) is 0.318. The van der Waals surface area contributed by atoms with Gasteiger partial charge in [0.25, 0.3) is 0 Å². The average molecular weight is 303 g/mol. The molecule has 2 rings (SSSR count). The standard InChI is InChI=1S/C16H21N3OS/c1-2-12-8-9-21-15(12)11-18-14(10-16(17)19-20)13-6-4-3-5-7-13/h3-9,14,18,20H,2,10-11H2,1H3,(H2,17,19). The van der Waals surface area contributed by atoms with Gasteiger partial charge in [-0.2, -0.15) is 0 Å². The summed E-state index contributed by atoms with van der Waals surface area (Å²) in [4.78, 5) is 1.35. The van der Waals surface area contributed by atoms with E-state index in [1.807, 2.05) is 18.2 Å². The third-order valence-corrected chi connectivity index (χ3v) is 4.43. The zero-order valence-electron chi connectivity index (χ0n) is 12.1. The molecule has 0 spiro atoms. The fourth-order valence-electron chi connectivity index (χ4n) is 2.30. The molecule has 5 heteroatoms. The van der Waals surface area contributed by atoms with Gasteiger partial charge in [0, 0.05) is 23.9 Å². The fourth-order valence-corrected chi connectivity index (χ4v) is 3.22. The van der Waals surface area contributed by atoms with Gasteiger partial charge in [0.2, 0.25) is 0 Å². The van der Waals surface area contributed by atoms with Crippen molar-refractivity contribution in [3.63, 3.8) is 0 Å². The number of nitrogens with two attached hydrogens (primary N) is 1. The van der Waals surface area contributed by atoms with Gasteiger partial charge in [-0.1, -0.05) is 42.4 Å². The summed E-state index contributed by atoms with van der Waals surface area (Å²) >= 11 is 1.76. The van der Waals surface area contributed by atoms with Gasteiger partial charge in [-0.25, -0.2) is 0 Å². The lowest BCUT2D eigenvalue weighted by atomic mass is 10.0. The first kappa shape index (κ1) is 15.5. The molecule has 0 aliphatic rings. The highest BCUT2D eigenvalue weighted by atomic mass is 32.1. The zero-order chi connectivity index (χ0) is 15.1. The molecule has 2 aromatic rings. The van der Waals surface area contributed by atoms with Crippen LogP contribution in [0.2, 0.25) is 0 Å². The average Bonchev–Trinajstić information content (AvgIpc) is 2.99. The number of thiophene rings is 1. The summed E-state index contributed by atoms with van der Waals surface area (Å²) in [5.74, 6) is 0.234. The molecule has 0 radical (unpaired) electrons. The molecule has 0 saturated carbocycles. The third-order valence-electron chi connectivity index (χ3n) is 3.47. The van der Waals surface area contributed by atoms with Crippen LogP contribution in [0.1, 0.15) is 35.4 Å². The Morgan fingerprint density at radius 3 is 2.76 bits per heavy atom. The second kappa shape index (κ2) is 7.81. The van der Waals surface area contributed by atoms with Gasteiger partial charge >= 0.3 is 0 Å². The Kier molecular flexibility index (Phi) is 5.78. The van der Waals surface area contributed by atoms with E-state index in [2.05, 4.69) is 41.0 Å². The number of nitrogens with one attached hydrogen (secondary N) is 1. The van der Waals surface area contributed by atoms with Crippen molar-refractivity contribution in [1.29, 1.82) is 0 Å². The molecule has 0 aliphatic carbocycles. The molecule has 0 aliphatic heterocycles. The second-order valence-corrected chi connectivity index (χ2v) is 5.86.